The SMILES string of the molecule is CN=C(CCSCc1ccccn1)NC(N)=O.Cl.Cl. The Morgan fingerprint density at radius 3 is 2.74 bits per heavy atom. The second-order valence-electron chi connectivity index (χ2n) is 3.28. The second-order valence-corrected chi connectivity index (χ2v) is 4.39. The van der Waals surface area contributed by atoms with Crippen LogP contribution in [-0.4, -0.2) is 29.7 Å². The van der Waals surface area contributed by atoms with Gasteiger partial charge in [0, 0.05) is 31.2 Å². The predicted octanol–water partition coefficient (Wildman–Crippen LogP) is 2.25. The lowest BCUT2D eigenvalue weighted by molar-refractivity contribution is 0.253. The van der Waals surface area contributed by atoms with Gasteiger partial charge in [-0.25, -0.2) is 4.79 Å². The molecular formula is C11H18Cl2N4OS. The molecule has 0 aliphatic heterocycles. The fraction of sp³-hybridized carbons (Fsp3) is 0.364. The van der Waals surface area contributed by atoms with E-state index in [2.05, 4.69) is 15.3 Å². The van der Waals surface area contributed by atoms with Crippen LogP contribution in [-0.2, 0) is 5.75 Å². The van der Waals surface area contributed by atoms with E-state index in [-0.39, 0.29) is 24.8 Å². The number of primary amides is 1. The van der Waals surface area contributed by atoms with Crippen LogP contribution in [0.4, 0.5) is 4.79 Å². The molecule has 19 heavy (non-hydrogen) atoms. The number of aromatic nitrogens is 1. The molecule has 3 N–H and O–H groups in total. The average molecular weight is 325 g/mol. The number of halogens is 2. The van der Waals surface area contributed by atoms with Crippen LogP contribution in [0.5, 0.6) is 0 Å². The van der Waals surface area contributed by atoms with Gasteiger partial charge in [0.1, 0.15) is 5.84 Å². The summed E-state index contributed by atoms with van der Waals surface area (Å²) in [5, 5.41) is 2.49. The molecule has 0 fully saturated rings. The number of urea groups is 1. The highest BCUT2D eigenvalue weighted by molar-refractivity contribution is 7.98. The van der Waals surface area contributed by atoms with Crippen molar-refractivity contribution in [2.24, 2.45) is 10.7 Å². The lowest BCUT2D eigenvalue weighted by Crippen LogP contribution is -2.35. The van der Waals surface area contributed by atoms with E-state index in [1.165, 1.54) is 0 Å². The molecule has 5 nitrogen and oxygen atoms in total. The van der Waals surface area contributed by atoms with Crippen molar-refractivity contribution in [3.8, 4) is 0 Å². The Labute approximate surface area is 129 Å². The summed E-state index contributed by atoms with van der Waals surface area (Å²) >= 11 is 1.74. The van der Waals surface area contributed by atoms with Crippen LogP contribution >= 0.6 is 36.6 Å². The van der Waals surface area contributed by atoms with Crippen molar-refractivity contribution in [3.05, 3.63) is 30.1 Å². The highest BCUT2D eigenvalue weighted by Crippen LogP contribution is 2.10. The number of nitrogens with two attached hydrogens (primary N) is 1. The molecule has 0 saturated carbocycles. The molecule has 0 bridgehead atoms. The first kappa shape index (κ1) is 20.3. The summed E-state index contributed by atoms with van der Waals surface area (Å²) in [5.74, 6) is 2.34. The number of hydrogen-bond acceptors (Lipinski definition) is 4. The number of hydrogen-bond donors (Lipinski definition) is 2. The Morgan fingerprint density at radius 1 is 1.47 bits per heavy atom. The number of amidine groups is 1. The van der Waals surface area contributed by atoms with E-state index in [1.807, 2.05) is 18.2 Å². The normalized spacial score (nSPS) is 10.1. The summed E-state index contributed by atoms with van der Waals surface area (Å²) in [6.07, 6.45) is 2.47. The van der Waals surface area contributed by atoms with Crippen molar-refractivity contribution in [1.29, 1.82) is 0 Å². The summed E-state index contributed by atoms with van der Waals surface area (Å²) in [7, 11) is 1.63. The van der Waals surface area contributed by atoms with Gasteiger partial charge in [-0.3, -0.25) is 15.3 Å². The van der Waals surface area contributed by atoms with Crippen LogP contribution in [0.3, 0.4) is 0 Å². The topological polar surface area (TPSA) is 80.4 Å². The lowest BCUT2D eigenvalue weighted by atomic mass is 10.4. The first-order valence-corrected chi connectivity index (χ1v) is 6.37. The monoisotopic (exact) mass is 324 g/mol. The van der Waals surface area contributed by atoms with E-state index >= 15 is 0 Å². The molecular weight excluding hydrogens is 307 g/mol. The van der Waals surface area contributed by atoms with E-state index < -0.39 is 6.03 Å². The number of aliphatic imine (C=N–C) groups is 1. The van der Waals surface area contributed by atoms with Gasteiger partial charge < -0.3 is 5.73 Å². The number of thioether (sulfide) groups is 1. The summed E-state index contributed by atoms with van der Waals surface area (Å²) in [5.41, 5.74) is 6.07. The maximum Gasteiger partial charge on any atom is 0.317 e. The average Bonchev–Trinajstić information content (AvgIpc) is 2.34. The Bertz CT molecular complexity index is 390. The number of pyridine rings is 1. The van der Waals surface area contributed by atoms with Crippen molar-refractivity contribution in [1.82, 2.24) is 10.3 Å². The number of nitrogens with one attached hydrogen (secondary N) is 1. The van der Waals surface area contributed by atoms with Gasteiger partial charge in [0.2, 0.25) is 0 Å². The molecule has 0 atom stereocenters. The van der Waals surface area contributed by atoms with Crippen LogP contribution in [0.25, 0.3) is 0 Å². The van der Waals surface area contributed by atoms with Crippen molar-refractivity contribution < 1.29 is 4.79 Å². The molecule has 0 unspecified atom stereocenters. The Kier molecular flexibility index (Phi) is 12.9. The molecule has 1 heterocycles. The highest BCUT2D eigenvalue weighted by atomic mass is 35.5. The molecule has 1 aromatic heterocycles. The third kappa shape index (κ3) is 9.58. The maximum absolute atomic E-state index is 10.6. The Hall–Kier alpha value is -0.980. The zero-order valence-corrected chi connectivity index (χ0v) is 13.0. The maximum atomic E-state index is 10.6. The van der Waals surface area contributed by atoms with Crippen LogP contribution < -0.4 is 11.1 Å². The van der Waals surface area contributed by atoms with Crippen molar-refractivity contribution in [2.75, 3.05) is 12.8 Å². The van der Waals surface area contributed by atoms with Crippen LogP contribution in [0.2, 0.25) is 0 Å². The molecule has 1 aromatic rings. The van der Waals surface area contributed by atoms with Crippen LogP contribution in [0, 0.1) is 0 Å². The second kappa shape index (κ2) is 12.1. The summed E-state index contributed by atoms with van der Waals surface area (Å²) in [4.78, 5) is 18.8. The van der Waals surface area contributed by atoms with Gasteiger partial charge in [-0.05, 0) is 12.1 Å². The molecule has 0 spiro atoms. The molecule has 0 aromatic carbocycles. The zero-order valence-electron chi connectivity index (χ0n) is 10.5. The van der Waals surface area contributed by atoms with Crippen LogP contribution in [0.1, 0.15) is 12.1 Å². The third-order valence-corrected chi connectivity index (χ3v) is 2.99. The molecule has 108 valence electrons. The number of nitrogens with zero attached hydrogens (tertiary/aromatic N) is 2. The van der Waals surface area contributed by atoms with Crippen molar-refractivity contribution >= 4 is 48.4 Å². The minimum atomic E-state index is -0.569. The predicted molar refractivity (Wildman–Crippen MR) is 85.6 cm³/mol. The molecule has 0 aliphatic rings. The first-order chi connectivity index (χ1) is 8.22. The smallest absolute Gasteiger partial charge is 0.317 e. The molecule has 8 heteroatoms. The van der Waals surface area contributed by atoms with Gasteiger partial charge in [0.25, 0.3) is 0 Å². The summed E-state index contributed by atoms with van der Waals surface area (Å²) in [6.45, 7) is 0. The summed E-state index contributed by atoms with van der Waals surface area (Å²) < 4.78 is 0. The van der Waals surface area contributed by atoms with E-state index in [0.717, 1.165) is 17.2 Å². The van der Waals surface area contributed by atoms with Gasteiger partial charge in [-0.15, -0.1) is 24.8 Å². The largest absolute Gasteiger partial charge is 0.351 e. The Balaban J connectivity index is 0. The quantitative estimate of drug-likeness (QED) is 0.495. The standard InChI is InChI=1S/C11H16N4OS.2ClH/c1-13-10(15-11(12)16)5-7-17-8-9-4-2-3-6-14-9;;/h2-4,6H,5,7-8H2,1H3,(H3,12,13,15,16);2*1H. The van der Waals surface area contributed by atoms with E-state index in [9.17, 15) is 4.79 Å². The van der Waals surface area contributed by atoms with E-state index in [0.29, 0.717) is 12.3 Å². The fourth-order valence-electron chi connectivity index (χ4n) is 1.20. The number of rotatable bonds is 5. The minimum Gasteiger partial charge on any atom is -0.351 e. The van der Waals surface area contributed by atoms with Crippen molar-refractivity contribution in [2.45, 2.75) is 12.2 Å². The highest BCUT2D eigenvalue weighted by Gasteiger charge is 2.01. The Morgan fingerprint density at radius 2 is 2.21 bits per heavy atom. The van der Waals surface area contributed by atoms with Crippen molar-refractivity contribution in [3.63, 3.8) is 0 Å². The number of carbonyl (C=O) groups excluding carboxylic acids is 1. The van der Waals surface area contributed by atoms with E-state index in [1.54, 1.807) is 25.0 Å². The van der Waals surface area contributed by atoms with Gasteiger partial charge >= 0.3 is 6.03 Å². The van der Waals surface area contributed by atoms with Crippen LogP contribution in [0.15, 0.2) is 29.4 Å². The number of amides is 2. The fourth-order valence-corrected chi connectivity index (χ4v) is 2.06. The molecule has 2 amide bonds. The molecule has 1 rings (SSSR count). The molecule has 0 radical (unpaired) electrons. The van der Waals surface area contributed by atoms with Gasteiger partial charge in [0.15, 0.2) is 0 Å². The van der Waals surface area contributed by atoms with Gasteiger partial charge in [-0.2, -0.15) is 11.8 Å². The van der Waals surface area contributed by atoms with Gasteiger partial charge in [0.05, 0.1) is 5.69 Å². The first-order valence-electron chi connectivity index (χ1n) is 5.22. The van der Waals surface area contributed by atoms with E-state index in [4.69, 9.17) is 5.73 Å². The third-order valence-electron chi connectivity index (χ3n) is 2.00. The number of carbonyl (C=O) groups is 1. The summed E-state index contributed by atoms with van der Waals surface area (Å²) in [6, 6.07) is 5.28. The zero-order chi connectivity index (χ0) is 12.5. The molecule has 0 aliphatic carbocycles. The minimum absolute atomic E-state index is 0. The molecule has 0 saturated heterocycles. The lowest BCUT2D eigenvalue weighted by Gasteiger charge is -2.05. The van der Waals surface area contributed by atoms with Gasteiger partial charge in [-0.1, -0.05) is 6.07 Å².